The number of fused-ring (bicyclic) bond motifs is 1. The number of carbonyl (C=O) groups is 4. The number of nitrogens with one attached hydrogen (secondary N) is 1. The van der Waals surface area contributed by atoms with Gasteiger partial charge in [-0.3, -0.25) is 24.5 Å². The molecule has 1 N–H and O–H groups in total. The third-order valence-corrected chi connectivity index (χ3v) is 7.60. The van der Waals surface area contributed by atoms with Crippen LogP contribution in [0.1, 0.15) is 44.7 Å². The van der Waals surface area contributed by atoms with Crippen molar-refractivity contribution >= 4 is 35.4 Å². The van der Waals surface area contributed by atoms with Gasteiger partial charge in [0.15, 0.2) is 0 Å². The van der Waals surface area contributed by atoms with Gasteiger partial charge < -0.3 is 14.5 Å². The monoisotopic (exact) mass is 479 g/mol. The molecule has 3 aliphatic rings. The topological polar surface area (TPSA) is 96.0 Å². The van der Waals surface area contributed by atoms with Crippen molar-refractivity contribution in [1.82, 2.24) is 15.1 Å². The molecule has 0 radical (unpaired) electrons. The van der Waals surface area contributed by atoms with Crippen molar-refractivity contribution in [3.8, 4) is 0 Å². The Kier molecular flexibility index (Phi) is 6.38. The van der Waals surface area contributed by atoms with Crippen LogP contribution in [0.2, 0.25) is 0 Å². The van der Waals surface area contributed by atoms with Crippen molar-refractivity contribution in [2.75, 3.05) is 26.3 Å². The quantitative estimate of drug-likeness (QED) is 0.522. The number of thioether (sulfide) groups is 1. The third kappa shape index (κ3) is 4.45. The summed E-state index contributed by atoms with van der Waals surface area (Å²) < 4.78 is 5.31. The van der Waals surface area contributed by atoms with Gasteiger partial charge in [-0.25, -0.2) is 0 Å². The van der Waals surface area contributed by atoms with Crippen LogP contribution in [-0.4, -0.2) is 65.8 Å². The second-order valence-electron chi connectivity index (χ2n) is 8.57. The van der Waals surface area contributed by atoms with E-state index >= 15 is 0 Å². The maximum absolute atomic E-state index is 13.0. The van der Waals surface area contributed by atoms with Crippen LogP contribution in [0.25, 0.3) is 0 Å². The Balaban J connectivity index is 1.25. The highest BCUT2D eigenvalue weighted by Crippen LogP contribution is 2.35. The van der Waals surface area contributed by atoms with E-state index in [9.17, 15) is 19.2 Å². The second-order valence-corrected chi connectivity index (χ2v) is 9.59. The number of benzene rings is 2. The highest BCUT2D eigenvalue weighted by Gasteiger charge is 2.39. The molecule has 3 heterocycles. The molecular weight excluding hydrogens is 454 g/mol. The largest absolute Gasteiger partial charge is 0.378 e. The maximum Gasteiger partial charge on any atom is 0.255 e. The lowest BCUT2D eigenvalue weighted by Gasteiger charge is -2.29. The van der Waals surface area contributed by atoms with Crippen LogP contribution in [0.15, 0.2) is 47.4 Å². The zero-order chi connectivity index (χ0) is 23.7. The van der Waals surface area contributed by atoms with Crippen molar-refractivity contribution in [2.24, 2.45) is 0 Å². The van der Waals surface area contributed by atoms with Gasteiger partial charge in [-0.15, -0.1) is 11.8 Å². The van der Waals surface area contributed by atoms with Crippen LogP contribution in [0, 0.1) is 0 Å². The summed E-state index contributed by atoms with van der Waals surface area (Å²) in [4.78, 5) is 53.8. The molecule has 2 aromatic carbocycles. The van der Waals surface area contributed by atoms with Crippen molar-refractivity contribution < 1.29 is 23.9 Å². The minimum absolute atomic E-state index is 0.0236. The molecule has 0 aromatic heterocycles. The Morgan fingerprint density at radius 3 is 2.56 bits per heavy atom. The summed E-state index contributed by atoms with van der Waals surface area (Å²) in [7, 11) is 0. The maximum atomic E-state index is 13.0. The summed E-state index contributed by atoms with van der Waals surface area (Å²) >= 11 is 1.63. The van der Waals surface area contributed by atoms with Crippen LogP contribution in [0.3, 0.4) is 0 Å². The van der Waals surface area contributed by atoms with Gasteiger partial charge in [-0.2, -0.15) is 0 Å². The molecule has 34 heavy (non-hydrogen) atoms. The molecular formula is C25H25N3O5S. The highest BCUT2D eigenvalue weighted by atomic mass is 32.2. The van der Waals surface area contributed by atoms with E-state index in [1.54, 1.807) is 22.7 Å². The van der Waals surface area contributed by atoms with E-state index in [2.05, 4.69) is 5.32 Å². The lowest BCUT2D eigenvalue weighted by atomic mass is 10.0. The van der Waals surface area contributed by atoms with Gasteiger partial charge in [-0.1, -0.05) is 18.2 Å². The van der Waals surface area contributed by atoms with Gasteiger partial charge in [0.25, 0.3) is 11.8 Å². The number of morpholine rings is 1. The number of hydrogen-bond donors (Lipinski definition) is 1. The van der Waals surface area contributed by atoms with Gasteiger partial charge in [0.1, 0.15) is 6.04 Å². The first-order chi connectivity index (χ1) is 16.5. The highest BCUT2D eigenvalue weighted by molar-refractivity contribution is 7.98. The van der Waals surface area contributed by atoms with Crippen LogP contribution in [-0.2, 0) is 26.6 Å². The smallest absolute Gasteiger partial charge is 0.255 e. The molecule has 0 saturated carbocycles. The Labute approximate surface area is 201 Å². The third-order valence-electron chi connectivity index (χ3n) is 6.43. The average molecular weight is 480 g/mol. The van der Waals surface area contributed by atoms with E-state index < -0.39 is 11.9 Å². The predicted octanol–water partition coefficient (Wildman–Crippen LogP) is 2.21. The number of nitrogens with zero attached hydrogens (tertiary/aromatic N) is 2. The first-order valence-corrected chi connectivity index (χ1v) is 12.3. The van der Waals surface area contributed by atoms with E-state index in [4.69, 9.17) is 4.74 Å². The SMILES string of the molecule is O=C1CCC(N2Cc3c(SCc4ccc(C(=O)N5CCOCC5)cc4)cccc3C2=O)C(=O)N1. The summed E-state index contributed by atoms with van der Waals surface area (Å²) in [6, 6.07) is 12.7. The molecule has 1 atom stereocenters. The Hall–Kier alpha value is -3.17. The summed E-state index contributed by atoms with van der Waals surface area (Å²) in [6.07, 6.45) is 0.588. The number of rotatable bonds is 5. The summed E-state index contributed by atoms with van der Waals surface area (Å²) in [6.45, 7) is 2.74. The van der Waals surface area contributed by atoms with E-state index in [0.29, 0.717) is 56.1 Å². The summed E-state index contributed by atoms with van der Waals surface area (Å²) in [5.74, 6) is -0.152. The number of amides is 4. The van der Waals surface area contributed by atoms with E-state index in [0.717, 1.165) is 16.0 Å². The fourth-order valence-electron chi connectivity index (χ4n) is 4.55. The lowest BCUT2D eigenvalue weighted by molar-refractivity contribution is -0.136. The van der Waals surface area contributed by atoms with E-state index in [-0.39, 0.29) is 24.1 Å². The Morgan fingerprint density at radius 2 is 1.82 bits per heavy atom. The second kappa shape index (κ2) is 9.60. The minimum atomic E-state index is -0.619. The van der Waals surface area contributed by atoms with E-state index in [1.807, 2.05) is 41.3 Å². The molecule has 0 aliphatic carbocycles. The van der Waals surface area contributed by atoms with Gasteiger partial charge in [0, 0.05) is 47.8 Å². The molecule has 8 nitrogen and oxygen atoms in total. The molecule has 176 valence electrons. The predicted molar refractivity (Wildman–Crippen MR) is 125 cm³/mol. The van der Waals surface area contributed by atoms with Gasteiger partial charge in [0.05, 0.1) is 13.2 Å². The van der Waals surface area contributed by atoms with E-state index in [1.165, 1.54) is 0 Å². The fourth-order valence-corrected chi connectivity index (χ4v) is 5.58. The molecule has 9 heteroatoms. The summed E-state index contributed by atoms with van der Waals surface area (Å²) in [5.41, 5.74) is 3.27. The molecule has 4 amide bonds. The van der Waals surface area contributed by atoms with Crippen LogP contribution < -0.4 is 5.32 Å². The van der Waals surface area contributed by atoms with Gasteiger partial charge in [-0.05, 0) is 41.8 Å². The normalized spacial score (nSPS) is 20.4. The zero-order valence-corrected chi connectivity index (χ0v) is 19.4. The fraction of sp³-hybridized carbons (Fsp3) is 0.360. The number of hydrogen-bond acceptors (Lipinski definition) is 6. The Morgan fingerprint density at radius 1 is 1.06 bits per heavy atom. The van der Waals surface area contributed by atoms with Crippen molar-refractivity contribution in [1.29, 1.82) is 0 Å². The van der Waals surface area contributed by atoms with Crippen LogP contribution in [0.5, 0.6) is 0 Å². The standard InChI is InChI=1S/C25H25N3O5S/c29-22-9-8-20(23(30)26-22)28-14-19-18(25(28)32)2-1-3-21(19)34-15-16-4-6-17(7-5-16)24(31)27-10-12-33-13-11-27/h1-7,20H,8-15H2,(H,26,29,30). The van der Waals surface area contributed by atoms with Crippen molar-refractivity contribution in [2.45, 2.75) is 36.1 Å². The molecule has 3 aliphatic heterocycles. The zero-order valence-electron chi connectivity index (χ0n) is 18.6. The van der Waals surface area contributed by atoms with Gasteiger partial charge in [0.2, 0.25) is 11.8 Å². The van der Waals surface area contributed by atoms with Crippen LogP contribution in [0.4, 0.5) is 0 Å². The van der Waals surface area contributed by atoms with Crippen molar-refractivity contribution in [3.05, 3.63) is 64.7 Å². The number of piperidine rings is 1. The summed E-state index contributed by atoms with van der Waals surface area (Å²) in [5, 5.41) is 2.34. The number of ether oxygens (including phenoxy) is 1. The van der Waals surface area contributed by atoms with Crippen molar-refractivity contribution in [3.63, 3.8) is 0 Å². The lowest BCUT2D eigenvalue weighted by Crippen LogP contribution is -2.52. The van der Waals surface area contributed by atoms with Gasteiger partial charge >= 0.3 is 0 Å². The number of imide groups is 1. The van der Waals surface area contributed by atoms with Crippen LogP contribution >= 0.6 is 11.8 Å². The number of carbonyl (C=O) groups excluding carboxylic acids is 4. The minimum Gasteiger partial charge on any atom is -0.378 e. The molecule has 0 bridgehead atoms. The first-order valence-electron chi connectivity index (χ1n) is 11.4. The molecule has 2 saturated heterocycles. The molecule has 2 aromatic rings. The molecule has 2 fully saturated rings. The first kappa shape index (κ1) is 22.6. The molecule has 5 rings (SSSR count). The average Bonchev–Trinajstić information content (AvgIpc) is 3.20. The Bertz CT molecular complexity index is 1140. The molecule has 1 unspecified atom stereocenters. The molecule has 0 spiro atoms.